The van der Waals surface area contributed by atoms with E-state index in [1.54, 1.807) is 11.8 Å². The molecule has 0 N–H and O–H groups in total. The van der Waals surface area contributed by atoms with E-state index in [-0.39, 0.29) is 6.10 Å². The summed E-state index contributed by atoms with van der Waals surface area (Å²) in [5, 5.41) is 0. The molecule has 0 radical (unpaired) electrons. The molecule has 2 rings (SSSR count). The van der Waals surface area contributed by atoms with Crippen LogP contribution >= 0.6 is 24.0 Å². The summed E-state index contributed by atoms with van der Waals surface area (Å²) in [7, 11) is 0. The molecule has 1 aliphatic heterocycles. The third-order valence-corrected chi connectivity index (χ3v) is 3.35. The van der Waals surface area contributed by atoms with Gasteiger partial charge in [-0.2, -0.15) is 0 Å². The van der Waals surface area contributed by atoms with Crippen molar-refractivity contribution >= 4 is 28.2 Å². The van der Waals surface area contributed by atoms with Gasteiger partial charge in [0.15, 0.2) is 0 Å². The van der Waals surface area contributed by atoms with Crippen molar-refractivity contribution in [1.82, 2.24) is 0 Å². The molecule has 0 aliphatic carbocycles. The van der Waals surface area contributed by atoms with Gasteiger partial charge < -0.3 is 4.74 Å². The highest BCUT2D eigenvalue weighted by Gasteiger charge is 2.18. The first-order chi connectivity index (χ1) is 6.36. The van der Waals surface area contributed by atoms with Crippen LogP contribution in [0.25, 0.3) is 0 Å². The molecule has 0 unspecified atom stereocenters. The van der Waals surface area contributed by atoms with Gasteiger partial charge in [0, 0.05) is 5.75 Å². The SMILES string of the molecule is S=C1CO[C@H](c2ccccc2)CS1. The lowest BCUT2D eigenvalue weighted by molar-refractivity contribution is 0.0992. The van der Waals surface area contributed by atoms with Crippen molar-refractivity contribution in [3.63, 3.8) is 0 Å². The number of rotatable bonds is 1. The van der Waals surface area contributed by atoms with E-state index in [1.807, 2.05) is 18.2 Å². The largest absolute Gasteiger partial charge is 0.367 e. The van der Waals surface area contributed by atoms with E-state index >= 15 is 0 Å². The molecular weight excluding hydrogens is 200 g/mol. The maximum atomic E-state index is 5.61. The van der Waals surface area contributed by atoms with Crippen molar-refractivity contribution in [3.05, 3.63) is 35.9 Å². The van der Waals surface area contributed by atoms with Crippen molar-refractivity contribution in [3.8, 4) is 0 Å². The van der Waals surface area contributed by atoms with Crippen molar-refractivity contribution in [2.24, 2.45) is 0 Å². The molecular formula is C10H10OS2. The molecule has 1 saturated heterocycles. The molecule has 1 atom stereocenters. The molecule has 0 aromatic heterocycles. The van der Waals surface area contributed by atoms with Gasteiger partial charge in [-0.15, -0.1) is 11.8 Å². The minimum absolute atomic E-state index is 0.220. The van der Waals surface area contributed by atoms with Gasteiger partial charge in [-0.1, -0.05) is 42.5 Å². The number of hydrogen-bond donors (Lipinski definition) is 0. The Morgan fingerprint density at radius 2 is 2.08 bits per heavy atom. The number of ether oxygens (including phenoxy) is 1. The zero-order valence-electron chi connectivity index (χ0n) is 7.10. The average molecular weight is 210 g/mol. The van der Waals surface area contributed by atoms with Crippen LogP contribution in [0, 0.1) is 0 Å². The molecule has 1 aromatic carbocycles. The second kappa shape index (κ2) is 4.22. The Morgan fingerprint density at radius 3 is 2.69 bits per heavy atom. The van der Waals surface area contributed by atoms with Crippen molar-refractivity contribution < 1.29 is 4.74 Å². The van der Waals surface area contributed by atoms with E-state index in [0.29, 0.717) is 6.61 Å². The summed E-state index contributed by atoms with van der Waals surface area (Å²) < 4.78 is 6.58. The van der Waals surface area contributed by atoms with Crippen LogP contribution in [0.5, 0.6) is 0 Å². The number of benzene rings is 1. The van der Waals surface area contributed by atoms with Crippen LogP contribution in [0.1, 0.15) is 11.7 Å². The normalized spacial score (nSPS) is 23.1. The number of thioether (sulfide) groups is 1. The first-order valence-electron chi connectivity index (χ1n) is 4.18. The van der Waals surface area contributed by atoms with Gasteiger partial charge in [-0.25, -0.2) is 0 Å². The summed E-state index contributed by atoms with van der Waals surface area (Å²) in [6.45, 7) is 0.611. The molecule has 1 aromatic rings. The van der Waals surface area contributed by atoms with Crippen molar-refractivity contribution in [2.45, 2.75) is 6.10 Å². The summed E-state index contributed by atoms with van der Waals surface area (Å²) in [5.41, 5.74) is 1.25. The first-order valence-corrected chi connectivity index (χ1v) is 5.58. The zero-order chi connectivity index (χ0) is 9.10. The molecule has 1 fully saturated rings. The Morgan fingerprint density at radius 1 is 1.31 bits per heavy atom. The summed E-state index contributed by atoms with van der Waals surface area (Å²) >= 11 is 6.77. The highest BCUT2D eigenvalue weighted by Crippen LogP contribution is 2.27. The first kappa shape index (κ1) is 9.19. The third kappa shape index (κ3) is 2.30. The lowest BCUT2D eigenvalue weighted by Gasteiger charge is -2.22. The second-order valence-electron chi connectivity index (χ2n) is 2.89. The van der Waals surface area contributed by atoms with Crippen LogP contribution in [0.2, 0.25) is 0 Å². The van der Waals surface area contributed by atoms with Crippen LogP contribution < -0.4 is 0 Å². The Hall–Kier alpha value is -0.380. The Labute approximate surface area is 87.5 Å². The maximum absolute atomic E-state index is 5.61. The molecule has 1 nitrogen and oxygen atoms in total. The van der Waals surface area contributed by atoms with E-state index in [2.05, 4.69) is 12.1 Å². The van der Waals surface area contributed by atoms with Crippen molar-refractivity contribution in [1.29, 1.82) is 0 Å². The van der Waals surface area contributed by atoms with E-state index in [4.69, 9.17) is 17.0 Å². The summed E-state index contributed by atoms with van der Waals surface area (Å²) in [6, 6.07) is 10.3. The summed E-state index contributed by atoms with van der Waals surface area (Å²) in [4.78, 5) is 0. The molecule has 0 saturated carbocycles. The Balaban J connectivity index is 2.07. The lowest BCUT2D eigenvalue weighted by atomic mass is 10.1. The van der Waals surface area contributed by atoms with Crippen LogP contribution in [0.3, 0.4) is 0 Å². The fourth-order valence-electron chi connectivity index (χ4n) is 1.29. The predicted molar refractivity (Wildman–Crippen MR) is 60.2 cm³/mol. The van der Waals surface area contributed by atoms with E-state index in [1.165, 1.54) is 5.56 Å². The minimum atomic E-state index is 0.220. The number of hydrogen-bond acceptors (Lipinski definition) is 3. The standard InChI is InChI=1S/C10H10OS2/c12-10-6-11-9(7-13-10)8-4-2-1-3-5-8/h1-5,9H,6-7H2/t9-/m0/s1. The average Bonchev–Trinajstić information content (AvgIpc) is 2.20. The molecule has 1 aliphatic rings. The second-order valence-corrected chi connectivity index (χ2v) is 4.76. The molecule has 0 bridgehead atoms. The Kier molecular flexibility index (Phi) is 2.98. The zero-order valence-corrected chi connectivity index (χ0v) is 8.74. The quantitative estimate of drug-likeness (QED) is 0.660. The van der Waals surface area contributed by atoms with Gasteiger partial charge in [0.1, 0.15) is 0 Å². The molecule has 0 spiro atoms. The molecule has 3 heteroatoms. The number of thiocarbonyl (C=S) groups is 1. The molecule has 1 heterocycles. The van der Waals surface area contributed by atoms with Gasteiger partial charge in [0.25, 0.3) is 0 Å². The van der Waals surface area contributed by atoms with Gasteiger partial charge >= 0.3 is 0 Å². The van der Waals surface area contributed by atoms with E-state index in [0.717, 1.165) is 9.95 Å². The van der Waals surface area contributed by atoms with Crippen LogP contribution in [-0.2, 0) is 4.74 Å². The highest BCUT2D eigenvalue weighted by molar-refractivity contribution is 8.23. The van der Waals surface area contributed by atoms with E-state index < -0.39 is 0 Å². The van der Waals surface area contributed by atoms with Gasteiger partial charge in [0.05, 0.1) is 16.9 Å². The van der Waals surface area contributed by atoms with Gasteiger partial charge in [-0.3, -0.25) is 0 Å². The minimum Gasteiger partial charge on any atom is -0.367 e. The molecule has 68 valence electrons. The lowest BCUT2D eigenvalue weighted by Crippen LogP contribution is -2.18. The van der Waals surface area contributed by atoms with Gasteiger partial charge in [-0.05, 0) is 5.56 Å². The predicted octanol–water partition coefficient (Wildman–Crippen LogP) is 2.82. The fraction of sp³-hybridized carbons (Fsp3) is 0.300. The summed E-state index contributed by atoms with van der Waals surface area (Å²) in [5.74, 6) is 0.947. The maximum Gasteiger partial charge on any atom is 0.0924 e. The highest BCUT2D eigenvalue weighted by atomic mass is 32.2. The molecule has 0 amide bonds. The van der Waals surface area contributed by atoms with E-state index in [9.17, 15) is 0 Å². The van der Waals surface area contributed by atoms with Crippen LogP contribution in [0.15, 0.2) is 30.3 Å². The Bertz CT molecular complexity index is 287. The monoisotopic (exact) mass is 210 g/mol. The van der Waals surface area contributed by atoms with Crippen molar-refractivity contribution in [2.75, 3.05) is 12.4 Å². The van der Waals surface area contributed by atoms with Crippen LogP contribution in [-0.4, -0.2) is 16.6 Å². The van der Waals surface area contributed by atoms with Gasteiger partial charge in [0.2, 0.25) is 0 Å². The third-order valence-electron chi connectivity index (χ3n) is 1.97. The smallest absolute Gasteiger partial charge is 0.0924 e. The fourth-order valence-corrected chi connectivity index (χ4v) is 2.34. The summed E-state index contributed by atoms with van der Waals surface area (Å²) in [6.07, 6.45) is 0.220. The topological polar surface area (TPSA) is 9.23 Å². The molecule has 13 heavy (non-hydrogen) atoms. The van der Waals surface area contributed by atoms with Crippen LogP contribution in [0.4, 0.5) is 0 Å².